The normalized spacial score (nSPS) is 20.4. The summed E-state index contributed by atoms with van der Waals surface area (Å²) in [6.07, 6.45) is 3.67. The Balaban J connectivity index is 1.73. The molecule has 3 aliphatic rings. The van der Waals surface area contributed by atoms with Crippen molar-refractivity contribution in [2.75, 3.05) is 27.6 Å². The molecule has 0 spiro atoms. The van der Waals surface area contributed by atoms with Gasteiger partial charge in [-0.1, -0.05) is 0 Å². The van der Waals surface area contributed by atoms with Gasteiger partial charge < -0.3 is 18.9 Å². The molecule has 3 aromatic rings. The molecule has 5 nitrogen and oxygen atoms in total. The van der Waals surface area contributed by atoms with E-state index >= 15 is 0 Å². The van der Waals surface area contributed by atoms with Crippen molar-refractivity contribution in [3.05, 3.63) is 35.4 Å². The fraction of sp³-hybridized carbons (Fsp3) is 0.391. The molecule has 3 heterocycles. The molecule has 1 atom stereocenters. The van der Waals surface area contributed by atoms with E-state index in [0.29, 0.717) is 12.8 Å². The molecular formula is C23H23NO4. The van der Waals surface area contributed by atoms with E-state index in [4.69, 9.17) is 18.9 Å². The molecule has 1 fully saturated rings. The first-order chi connectivity index (χ1) is 13.8. The lowest BCUT2D eigenvalue weighted by Gasteiger charge is -2.33. The Hall–Kier alpha value is -2.66. The fourth-order valence-corrected chi connectivity index (χ4v) is 5.28. The molecule has 0 unspecified atom stereocenters. The Bertz CT molecular complexity index is 1120. The third kappa shape index (κ3) is 2.17. The van der Waals surface area contributed by atoms with Gasteiger partial charge in [0.25, 0.3) is 0 Å². The van der Waals surface area contributed by atoms with E-state index in [1.54, 1.807) is 14.2 Å². The van der Waals surface area contributed by atoms with Crippen molar-refractivity contribution in [2.24, 2.45) is 0 Å². The van der Waals surface area contributed by atoms with Crippen molar-refractivity contribution in [1.29, 1.82) is 0 Å². The minimum Gasteiger partial charge on any atom is -0.493 e. The standard InChI is InChI=1S/C23H23NO4/c1-25-20-7-15-17-10-23-22(27-12-28-23)9-16(17)14-6-13-4-3-5-24(13)11-19(14)18(15)8-21(20)26-2/h7-10,13H,3-6,11-12H2,1-2H3/t13-/m0/s1. The van der Waals surface area contributed by atoms with Crippen LogP contribution in [0.15, 0.2) is 24.3 Å². The molecule has 0 aliphatic carbocycles. The number of hydrogen-bond acceptors (Lipinski definition) is 5. The van der Waals surface area contributed by atoms with Crippen molar-refractivity contribution < 1.29 is 18.9 Å². The lowest BCUT2D eigenvalue weighted by Crippen LogP contribution is -2.35. The van der Waals surface area contributed by atoms with Gasteiger partial charge in [-0.15, -0.1) is 0 Å². The maximum atomic E-state index is 5.70. The van der Waals surface area contributed by atoms with Crippen molar-refractivity contribution in [3.8, 4) is 23.0 Å². The smallest absolute Gasteiger partial charge is 0.231 e. The zero-order valence-electron chi connectivity index (χ0n) is 16.2. The molecule has 3 aromatic carbocycles. The monoisotopic (exact) mass is 377 g/mol. The van der Waals surface area contributed by atoms with Crippen molar-refractivity contribution in [2.45, 2.75) is 31.8 Å². The first-order valence-electron chi connectivity index (χ1n) is 9.93. The van der Waals surface area contributed by atoms with Crippen LogP contribution in [-0.4, -0.2) is 38.5 Å². The van der Waals surface area contributed by atoms with E-state index < -0.39 is 0 Å². The van der Waals surface area contributed by atoms with Gasteiger partial charge in [0.1, 0.15) is 0 Å². The van der Waals surface area contributed by atoms with Gasteiger partial charge in [-0.25, -0.2) is 0 Å². The summed E-state index contributed by atoms with van der Waals surface area (Å²) in [6.45, 7) is 2.48. The zero-order chi connectivity index (χ0) is 18.8. The molecule has 28 heavy (non-hydrogen) atoms. The summed E-state index contributed by atoms with van der Waals surface area (Å²) >= 11 is 0. The summed E-state index contributed by atoms with van der Waals surface area (Å²) < 4.78 is 22.6. The molecular weight excluding hydrogens is 354 g/mol. The van der Waals surface area contributed by atoms with Gasteiger partial charge >= 0.3 is 0 Å². The highest BCUT2D eigenvalue weighted by molar-refractivity contribution is 6.13. The highest BCUT2D eigenvalue weighted by Gasteiger charge is 2.33. The third-order valence-electron chi connectivity index (χ3n) is 6.64. The topological polar surface area (TPSA) is 40.2 Å². The summed E-state index contributed by atoms with van der Waals surface area (Å²) in [4.78, 5) is 2.64. The first kappa shape index (κ1) is 16.3. The second-order valence-electron chi connectivity index (χ2n) is 7.93. The Morgan fingerprint density at radius 2 is 1.50 bits per heavy atom. The van der Waals surface area contributed by atoms with Crippen LogP contribution < -0.4 is 18.9 Å². The molecule has 5 heteroatoms. The lowest BCUT2D eigenvalue weighted by molar-refractivity contribution is 0.174. The van der Waals surface area contributed by atoms with E-state index in [1.807, 2.05) is 0 Å². The van der Waals surface area contributed by atoms with Gasteiger partial charge in [0.15, 0.2) is 23.0 Å². The molecule has 0 saturated carbocycles. The second-order valence-corrected chi connectivity index (χ2v) is 7.93. The fourth-order valence-electron chi connectivity index (χ4n) is 5.28. The molecule has 0 amide bonds. The van der Waals surface area contributed by atoms with Crippen LogP contribution in [0.3, 0.4) is 0 Å². The number of hydrogen-bond donors (Lipinski definition) is 0. The summed E-state index contributed by atoms with van der Waals surface area (Å²) in [6, 6.07) is 9.21. The molecule has 6 rings (SSSR count). The molecule has 0 N–H and O–H groups in total. The maximum absolute atomic E-state index is 5.70. The van der Waals surface area contributed by atoms with Gasteiger partial charge in [-0.05, 0) is 82.7 Å². The van der Waals surface area contributed by atoms with E-state index in [9.17, 15) is 0 Å². The van der Waals surface area contributed by atoms with Gasteiger partial charge in [0.05, 0.1) is 14.2 Å². The molecule has 0 radical (unpaired) electrons. The Labute approximate surface area is 163 Å². The average Bonchev–Trinajstić information content (AvgIpc) is 3.38. The SMILES string of the molecule is COc1cc2c3c(c4cc5c(cc4c2cc1OC)OCO5)C[C@@H]1CCCN1C3. The summed E-state index contributed by atoms with van der Waals surface area (Å²) in [5, 5.41) is 4.92. The predicted molar refractivity (Wildman–Crippen MR) is 108 cm³/mol. The van der Waals surface area contributed by atoms with Crippen molar-refractivity contribution >= 4 is 21.5 Å². The zero-order valence-corrected chi connectivity index (χ0v) is 16.2. The van der Waals surface area contributed by atoms with Crippen LogP contribution in [-0.2, 0) is 13.0 Å². The van der Waals surface area contributed by atoms with Crippen molar-refractivity contribution in [1.82, 2.24) is 4.90 Å². The van der Waals surface area contributed by atoms with Crippen LogP contribution in [0.4, 0.5) is 0 Å². The number of benzene rings is 3. The van der Waals surface area contributed by atoms with Crippen LogP contribution in [0.25, 0.3) is 21.5 Å². The first-order valence-corrected chi connectivity index (χ1v) is 9.93. The van der Waals surface area contributed by atoms with Crippen molar-refractivity contribution in [3.63, 3.8) is 0 Å². The second kappa shape index (κ2) is 5.92. The summed E-state index contributed by atoms with van der Waals surface area (Å²) in [5.74, 6) is 3.20. The van der Waals surface area contributed by atoms with Gasteiger partial charge in [0, 0.05) is 12.6 Å². The molecule has 0 aromatic heterocycles. The van der Waals surface area contributed by atoms with E-state index in [2.05, 4.69) is 29.2 Å². The molecule has 3 aliphatic heterocycles. The Morgan fingerprint density at radius 1 is 0.857 bits per heavy atom. The minimum absolute atomic E-state index is 0.291. The molecule has 1 saturated heterocycles. The quantitative estimate of drug-likeness (QED) is 0.624. The van der Waals surface area contributed by atoms with Crippen LogP contribution in [0.2, 0.25) is 0 Å². The highest BCUT2D eigenvalue weighted by Crippen LogP contribution is 2.46. The van der Waals surface area contributed by atoms with E-state index in [1.165, 1.54) is 52.1 Å². The largest absolute Gasteiger partial charge is 0.493 e. The minimum atomic E-state index is 0.291. The number of rotatable bonds is 2. The highest BCUT2D eigenvalue weighted by atomic mass is 16.7. The number of methoxy groups -OCH3 is 2. The maximum Gasteiger partial charge on any atom is 0.231 e. The van der Waals surface area contributed by atoms with Crippen LogP contribution in [0.5, 0.6) is 23.0 Å². The molecule has 144 valence electrons. The third-order valence-corrected chi connectivity index (χ3v) is 6.64. The predicted octanol–water partition coefficient (Wildman–Crippen LogP) is 4.26. The number of fused-ring (bicyclic) bond motifs is 8. The summed E-state index contributed by atoms with van der Waals surface area (Å²) in [5.41, 5.74) is 2.87. The van der Waals surface area contributed by atoms with Gasteiger partial charge in [0.2, 0.25) is 6.79 Å². The number of nitrogens with zero attached hydrogens (tertiary/aromatic N) is 1. The van der Waals surface area contributed by atoms with Crippen LogP contribution in [0, 0.1) is 0 Å². The Morgan fingerprint density at radius 3 is 2.25 bits per heavy atom. The Kier molecular flexibility index (Phi) is 3.45. The van der Waals surface area contributed by atoms with Gasteiger partial charge in [-0.2, -0.15) is 0 Å². The number of ether oxygens (including phenoxy) is 4. The van der Waals surface area contributed by atoms with E-state index in [-0.39, 0.29) is 0 Å². The van der Waals surface area contributed by atoms with Crippen LogP contribution in [0.1, 0.15) is 24.0 Å². The average molecular weight is 377 g/mol. The summed E-state index contributed by atoms with van der Waals surface area (Å²) in [7, 11) is 3.39. The van der Waals surface area contributed by atoms with Gasteiger partial charge in [-0.3, -0.25) is 4.90 Å². The van der Waals surface area contributed by atoms with Crippen LogP contribution >= 0.6 is 0 Å². The van der Waals surface area contributed by atoms with E-state index in [0.717, 1.165) is 36.0 Å². The lowest BCUT2D eigenvalue weighted by atomic mass is 9.85. The molecule has 0 bridgehead atoms.